The molecule has 0 aliphatic rings. The first-order valence-corrected chi connectivity index (χ1v) is 5.73. The molecule has 0 bridgehead atoms. The SMILES string of the molecule is COC(=O)[C@@](Br)(NC(=O)C(F)(F)F)c1ccccc1. The molecule has 0 saturated heterocycles. The number of carbonyl (C=O) groups is 2. The Balaban J connectivity index is 3.16. The molecule has 0 aromatic heterocycles. The van der Waals surface area contributed by atoms with E-state index in [-0.39, 0.29) is 5.56 Å². The summed E-state index contributed by atoms with van der Waals surface area (Å²) < 4.78 is 39.2. The topological polar surface area (TPSA) is 55.4 Å². The summed E-state index contributed by atoms with van der Waals surface area (Å²) in [7, 11) is 1.00. The van der Waals surface area contributed by atoms with Crippen LogP contribution in [0.15, 0.2) is 30.3 Å². The van der Waals surface area contributed by atoms with Crippen molar-refractivity contribution >= 4 is 27.8 Å². The van der Waals surface area contributed by atoms with Gasteiger partial charge in [-0.15, -0.1) is 0 Å². The van der Waals surface area contributed by atoms with Crippen molar-refractivity contribution in [3.05, 3.63) is 35.9 Å². The maximum Gasteiger partial charge on any atom is 0.471 e. The van der Waals surface area contributed by atoms with Crippen molar-refractivity contribution < 1.29 is 27.5 Å². The molecular formula is C11H9BrF3NO3. The highest BCUT2D eigenvalue weighted by atomic mass is 79.9. The number of esters is 1. The van der Waals surface area contributed by atoms with Gasteiger partial charge in [0.05, 0.1) is 7.11 Å². The van der Waals surface area contributed by atoms with Crippen LogP contribution in [0.3, 0.4) is 0 Å². The molecule has 0 spiro atoms. The van der Waals surface area contributed by atoms with Crippen LogP contribution in [0.1, 0.15) is 5.56 Å². The van der Waals surface area contributed by atoms with Gasteiger partial charge in [0.15, 0.2) is 0 Å². The number of rotatable bonds is 3. The largest absolute Gasteiger partial charge is 0.471 e. The first-order valence-electron chi connectivity index (χ1n) is 4.94. The highest BCUT2D eigenvalue weighted by Crippen LogP contribution is 2.31. The molecule has 0 aliphatic carbocycles. The van der Waals surface area contributed by atoms with Crippen LogP contribution in [0.5, 0.6) is 0 Å². The molecular weight excluding hydrogens is 331 g/mol. The van der Waals surface area contributed by atoms with E-state index in [1.165, 1.54) is 24.3 Å². The molecule has 0 aliphatic heterocycles. The quantitative estimate of drug-likeness (QED) is 0.521. The fraction of sp³-hybridized carbons (Fsp3) is 0.273. The van der Waals surface area contributed by atoms with Gasteiger partial charge < -0.3 is 10.1 Å². The molecule has 0 saturated carbocycles. The standard InChI is InChI=1S/C11H9BrF3NO3/c1-19-9(18)10(12,7-5-3-2-4-6-7)16-8(17)11(13,14)15/h2-6H,1H3,(H,16,17)/t10-/m0/s1. The minimum absolute atomic E-state index is 0.111. The molecule has 4 nitrogen and oxygen atoms in total. The van der Waals surface area contributed by atoms with E-state index in [0.29, 0.717) is 0 Å². The van der Waals surface area contributed by atoms with E-state index in [0.717, 1.165) is 7.11 Å². The number of amides is 1. The third-order valence-electron chi connectivity index (χ3n) is 2.18. The van der Waals surface area contributed by atoms with Gasteiger partial charge in [-0.2, -0.15) is 13.2 Å². The predicted molar refractivity (Wildman–Crippen MR) is 63.3 cm³/mol. The Hall–Kier alpha value is -1.57. The molecule has 104 valence electrons. The van der Waals surface area contributed by atoms with E-state index in [9.17, 15) is 22.8 Å². The first-order chi connectivity index (χ1) is 8.71. The Morgan fingerprint density at radius 3 is 2.16 bits per heavy atom. The number of halogens is 4. The van der Waals surface area contributed by atoms with Crippen LogP contribution in [0, 0.1) is 0 Å². The second kappa shape index (κ2) is 5.60. The summed E-state index contributed by atoms with van der Waals surface area (Å²) in [5, 5.41) is 1.58. The van der Waals surface area contributed by atoms with E-state index < -0.39 is 22.5 Å². The van der Waals surface area contributed by atoms with Crippen LogP contribution in [-0.2, 0) is 18.8 Å². The van der Waals surface area contributed by atoms with Crippen LogP contribution in [0.2, 0.25) is 0 Å². The molecule has 0 heterocycles. The molecule has 1 rings (SSSR count). The van der Waals surface area contributed by atoms with Crippen molar-refractivity contribution in [2.45, 2.75) is 10.6 Å². The third kappa shape index (κ3) is 3.46. The van der Waals surface area contributed by atoms with Crippen LogP contribution < -0.4 is 5.32 Å². The highest BCUT2D eigenvalue weighted by molar-refractivity contribution is 9.10. The summed E-state index contributed by atoms with van der Waals surface area (Å²) in [4.78, 5) is 22.6. The van der Waals surface area contributed by atoms with Gasteiger partial charge in [0, 0.05) is 0 Å². The van der Waals surface area contributed by atoms with Crippen LogP contribution >= 0.6 is 15.9 Å². The number of alkyl halides is 4. The second-order valence-electron chi connectivity index (χ2n) is 3.47. The minimum atomic E-state index is -5.11. The normalized spacial score (nSPS) is 14.4. The molecule has 0 unspecified atom stereocenters. The van der Waals surface area contributed by atoms with Crippen LogP contribution in [0.4, 0.5) is 13.2 Å². The van der Waals surface area contributed by atoms with Crippen molar-refractivity contribution in [1.82, 2.24) is 5.32 Å². The van der Waals surface area contributed by atoms with E-state index in [1.54, 1.807) is 11.4 Å². The number of carbonyl (C=O) groups excluding carboxylic acids is 2. The summed E-state index contributed by atoms with van der Waals surface area (Å²) in [5.41, 5.74) is 0.111. The lowest BCUT2D eigenvalue weighted by molar-refractivity contribution is -0.176. The maximum absolute atomic E-state index is 12.3. The number of methoxy groups -OCH3 is 1. The molecule has 0 fully saturated rings. The van der Waals surface area contributed by atoms with E-state index in [1.807, 2.05) is 0 Å². The Morgan fingerprint density at radius 1 is 1.21 bits per heavy atom. The smallest absolute Gasteiger partial charge is 0.466 e. The molecule has 1 N–H and O–H groups in total. The summed E-state index contributed by atoms with van der Waals surface area (Å²) in [6.45, 7) is 0. The fourth-order valence-corrected chi connectivity index (χ4v) is 1.88. The fourth-order valence-electron chi connectivity index (χ4n) is 1.28. The molecule has 1 aromatic rings. The van der Waals surface area contributed by atoms with Crippen molar-refractivity contribution in [2.75, 3.05) is 7.11 Å². The van der Waals surface area contributed by atoms with E-state index in [2.05, 4.69) is 20.7 Å². The Kier molecular flexibility index (Phi) is 4.56. The Morgan fingerprint density at radius 2 is 1.74 bits per heavy atom. The Bertz CT molecular complexity index is 478. The average Bonchev–Trinajstić information content (AvgIpc) is 2.37. The minimum Gasteiger partial charge on any atom is -0.466 e. The number of hydrogen-bond acceptors (Lipinski definition) is 3. The van der Waals surface area contributed by atoms with Crippen molar-refractivity contribution in [1.29, 1.82) is 0 Å². The molecule has 0 radical (unpaired) electrons. The van der Waals surface area contributed by atoms with Crippen LogP contribution in [-0.4, -0.2) is 25.2 Å². The summed E-state index contributed by atoms with van der Waals surface area (Å²) in [6, 6.07) is 7.38. The molecule has 1 amide bonds. The number of ether oxygens (including phenoxy) is 1. The average molecular weight is 340 g/mol. The summed E-state index contributed by atoms with van der Waals surface area (Å²) in [6.07, 6.45) is -5.11. The molecule has 19 heavy (non-hydrogen) atoms. The van der Waals surface area contributed by atoms with E-state index >= 15 is 0 Å². The van der Waals surface area contributed by atoms with Gasteiger partial charge in [0.1, 0.15) is 0 Å². The number of hydrogen-bond donors (Lipinski definition) is 1. The predicted octanol–water partition coefficient (Wildman–Crippen LogP) is 2.09. The van der Waals surface area contributed by atoms with Gasteiger partial charge in [-0.3, -0.25) is 4.79 Å². The number of benzene rings is 1. The monoisotopic (exact) mass is 339 g/mol. The third-order valence-corrected chi connectivity index (χ3v) is 3.16. The lowest BCUT2D eigenvalue weighted by atomic mass is 10.1. The van der Waals surface area contributed by atoms with E-state index in [4.69, 9.17) is 0 Å². The zero-order valence-corrected chi connectivity index (χ0v) is 11.2. The van der Waals surface area contributed by atoms with Crippen molar-refractivity contribution in [3.8, 4) is 0 Å². The maximum atomic E-state index is 12.3. The molecule has 1 aromatic carbocycles. The zero-order chi connectivity index (χ0) is 14.7. The molecule has 1 atom stereocenters. The summed E-state index contributed by atoms with van der Waals surface area (Å²) >= 11 is 2.81. The summed E-state index contributed by atoms with van der Waals surface area (Å²) in [5.74, 6) is -3.32. The van der Waals surface area contributed by atoms with Crippen molar-refractivity contribution in [2.24, 2.45) is 0 Å². The van der Waals surface area contributed by atoms with Crippen LogP contribution in [0.25, 0.3) is 0 Å². The van der Waals surface area contributed by atoms with Gasteiger partial charge >= 0.3 is 18.1 Å². The number of nitrogens with one attached hydrogen (secondary N) is 1. The molecule has 8 heteroatoms. The van der Waals surface area contributed by atoms with Gasteiger partial charge in [0.25, 0.3) is 0 Å². The lowest BCUT2D eigenvalue weighted by Crippen LogP contribution is -2.52. The second-order valence-corrected chi connectivity index (χ2v) is 4.66. The lowest BCUT2D eigenvalue weighted by Gasteiger charge is -2.26. The van der Waals surface area contributed by atoms with Gasteiger partial charge in [0.2, 0.25) is 4.45 Å². The zero-order valence-electron chi connectivity index (χ0n) is 9.62. The van der Waals surface area contributed by atoms with Gasteiger partial charge in [-0.05, 0) is 21.5 Å². The Labute approximate surface area is 115 Å². The highest BCUT2D eigenvalue weighted by Gasteiger charge is 2.48. The first kappa shape index (κ1) is 15.5. The van der Waals surface area contributed by atoms with Gasteiger partial charge in [-0.25, -0.2) is 4.79 Å². The van der Waals surface area contributed by atoms with Crippen molar-refractivity contribution in [3.63, 3.8) is 0 Å². The van der Waals surface area contributed by atoms with Gasteiger partial charge in [-0.1, -0.05) is 30.3 Å².